The normalized spacial score (nSPS) is 15.4. The first-order valence-electron chi connectivity index (χ1n) is 5.45. The molecule has 2 unspecified atom stereocenters. The highest BCUT2D eigenvalue weighted by atomic mass is 32.1. The minimum absolute atomic E-state index is 0.159. The first kappa shape index (κ1) is 13.6. The molecule has 1 aromatic rings. The lowest BCUT2D eigenvalue weighted by Gasteiger charge is -2.25. The van der Waals surface area contributed by atoms with E-state index in [0.29, 0.717) is 6.04 Å². The highest BCUT2D eigenvalue weighted by Gasteiger charge is 2.19. The number of methoxy groups -OCH3 is 2. The van der Waals surface area contributed by atoms with Crippen molar-refractivity contribution in [2.45, 2.75) is 39.1 Å². The third-order valence-corrected chi connectivity index (χ3v) is 3.88. The topological polar surface area (TPSA) is 30.5 Å². The smallest absolute Gasteiger partial charge is 0.171 e. The summed E-state index contributed by atoms with van der Waals surface area (Å²) in [5, 5.41) is 5.61. The molecule has 16 heavy (non-hydrogen) atoms. The Morgan fingerprint density at radius 2 is 1.88 bits per heavy atom. The molecule has 0 aliphatic carbocycles. The van der Waals surface area contributed by atoms with Crippen LogP contribution in [-0.4, -0.2) is 26.6 Å². The Kier molecular flexibility index (Phi) is 5.41. The van der Waals surface area contributed by atoms with Crippen molar-refractivity contribution in [2.75, 3.05) is 14.2 Å². The number of hydrogen-bond acceptors (Lipinski definition) is 4. The van der Waals surface area contributed by atoms with Crippen LogP contribution in [0.4, 0.5) is 0 Å². The van der Waals surface area contributed by atoms with Gasteiger partial charge < -0.3 is 14.8 Å². The van der Waals surface area contributed by atoms with Gasteiger partial charge in [0.25, 0.3) is 0 Å². The van der Waals surface area contributed by atoms with E-state index in [2.05, 4.69) is 37.5 Å². The van der Waals surface area contributed by atoms with Crippen molar-refractivity contribution in [2.24, 2.45) is 0 Å². The molecule has 1 heterocycles. The molecule has 3 nitrogen and oxygen atoms in total. The molecule has 4 heteroatoms. The molecule has 92 valence electrons. The van der Waals surface area contributed by atoms with Gasteiger partial charge in [-0.2, -0.15) is 0 Å². The van der Waals surface area contributed by atoms with Gasteiger partial charge in [-0.25, -0.2) is 0 Å². The zero-order valence-electron chi connectivity index (χ0n) is 10.6. The molecule has 0 spiro atoms. The second kappa shape index (κ2) is 6.35. The minimum atomic E-state index is -0.206. The fourth-order valence-corrected chi connectivity index (χ4v) is 2.83. The van der Waals surface area contributed by atoms with E-state index in [1.54, 1.807) is 25.6 Å². The molecule has 0 amide bonds. The van der Waals surface area contributed by atoms with Gasteiger partial charge in [-0.1, -0.05) is 0 Å². The third-order valence-electron chi connectivity index (χ3n) is 2.68. The van der Waals surface area contributed by atoms with Crippen LogP contribution in [0.25, 0.3) is 0 Å². The average molecular weight is 243 g/mol. The first-order valence-corrected chi connectivity index (χ1v) is 6.33. The summed E-state index contributed by atoms with van der Waals surface area (Å²) in [6.07, 6.45) is -0.206. The van der Waals surface area contributed by atoms with E-state index in [9.17, 15) is 0 Å². The van der Waals surface area contributed by atoms with Crippen molar-refractivity contribution in [3.05, 3.63) is 21.9 Å². The molecular weight excluding hydrogens is 222 g/mol. The molecule has 0 aliphatic heterocycles. The van der Waals surface area contributed by atoms with Crippen LogP contribution >= 0.6 is 11.3 Å². The summed E-state index contributed by atoms with van der Waals surface area (Å²) in [4.78, 5) is 1.37. The molecule has 0 fully saturated rings. The third kappa shape index (κ3) is 3.28. The largest absolute Gasteiger partial charge is 0.354 e. The molecular formula is C12H21NO2S. The van der Waals surface area contributed by atoms with Gasteiger partial charge in [0.05, 0.1) is 6.04 Å². The van der Waals surface area contributed by atoms with Crippen LogP contribution in [0.3, 0.4) is 0 Å². The van der Waals surface area contributed by atoms with Crippen LogP contribution in [0.5, 0.6) is 0 Å². The van der Waals surface area contributed by atoms with Crippen LogP contribution in [-0.2, 0) is 9.47 Å². The Labute approximate surface area is 102 Å². The minimum Gasteiger partial charge on any atom is -0.354 e. The van der Waals surface area contributed by atoms with Crippen LogP contribution in [0.15, 0.2) is 11.4 Å². The van der Waals surface area contributed by atoms with Crippen molar-refractivity contribution in [3.63, 3.8) is 0 Å². The molecule has 0 saturated carbocycles. The molecule has 0 radical (unpaired) electrons. The molecule has 0 saturated heterocycles. The quantitative estimate of drug-likeness (QED) is 0.779. The first-order chi connectivity index (χ1) is 7.60. The van der Waals surface area contributed by atoms with Crippen LogP contribution in [0, 0.1) is 6.92 Å². The average Bonchev–Trinajstić information content (AvgIpc) is 2.66. The lowest BCUT2D eigenvalue weighted by atomic mass is 10.1. The van der Waals surface area contributed by atoms with Crippen molar-refractivity contribution in [1.82, 2.24) is 5.32 Å². The van der Waals surface area contributed by atoms with Gasteiger partial charge in [-0.3, -0.25) is 0 Å². The zero-order chi connectivity index (χ0) is 12.1. The molecule has 2 atom stereocenters. The van der Waals surface area contributed by atoms with E-state index >= 15 is 0 Å². The summed E-state index contributed by atoms with van der Waals surface area (Å²) in [6, 6.07) is 2.63. The summed E-state index contributed by atoms with van der Waals surface area (Å²) >= 11 is 1.78. The van der Waals surface area contributed by atoms with E-state index in [1.807, 2.05) is 0 Å². The molecule has 1 aromatic heterocycles. The van der Waals surface area contributed by atoms with Gasteiger partial charge in [0.1, 0.15) is 0 Å². The fraction of sp³-hybridized carbons (Fsp3) is 0.667. The summed E-state index contributed by atoms with van der Waals surface area (Å²) in [5.41, 5.74) is 1.34. The van der Waals surface area contributed by atoms with Crippen molar-refractivity contribution in [1.29, 1.82) is 0 Å². The Morgan fingerprint density at radius 3 is 2.31 bits per heavy atom. The lowest BCUT2D eigenvalue weighted by Crippen LogP contribution is -2.40. The number of hydrogen-bond donors (Lipinski definition) is 1. The van der Waals surface area contributed by atoms with Gasteiger partial charge in [-0.05, 0) is 37.8 Å². The van der Waals surface area contributed by atoms with E-state index < -0.39 is 0 Å². The summed E-state index contributed by atoms with van der Waals surface area (Å²) in [7, 11) is 3.32. The van der Waals surface area contributed by atoms with Gasteiger partial charge >= 0.3 is 0 Å². The monoisotopic (exact) mass is 243 g/mol. The van der Waals surface area contributed by atoms with Crippen LogP contribution in [0.1, 0.15) is 30.3 Å². The molecule has 1 N–H and O–H groups in total. The van der Waals surface area contributed by atoms with E-state index in [0.717, 1.165) is 0 Å². The van der Waals surface area contributed by atoms with Gasteiger partial charge in [0.15, 0.2) is 6.29 Å². The standard InChI is InChI=1S/C12H21NO2S/c1-8-6-7-16-11(8)9(2)13-10(3)12(14-4)15-5/h6-7,9-10,12-13H,1-5H3. The van der Waals surface area contributed by atoms with Crippen LogP contribution in [0.2, 0.25) is 0 Å². The number of ether oxygens (including phenoxy) is 2. The maximum absolute atomic E-state index is 5.23. The van der Waals surface area contributed by atoms with Crippen molar-refractivity contribution in [3.8, 4) is 0 Å². The van der Waals surface area contributed by atoms with Crippen molar-refractivity contribution < 1.29 is 9.47 Å². The number of aryl methyl sites for hydroxylation is 1. The predicted octanol–water partition coefficient (Wildman–Crippen LogP) is 2.71. The van der Waals surface area contributed by atoms with Crippen LogP contribution < -0.4 is 5.32 Å². The van der Waals surface area contributed by atoms with E-state index in [4.69, 9.17) is 9.47 Å². The maximum Gasteiger partial charge on any atom is 0.171 e. The number of rotatable bonds is 6. The Morgan fingerprint density at radius 1 is 1.25 bits per heavy atom. The van der Waals surface area contributed by atoms with Gasteiger partial charge in [-0.15, -0.1) is 11.3 Å². The fourth-order valence-electron chi connectivity index (χ4n) is 1.88. The molecule has 0 bridgehead atoms. The number of thiophene rings is 1. The Hall–Kier alpha value is -0.420. The SMILES string of the molecule is COC(OC)C(C)NC(C)c1sccc1C. The predicted molar refractivity (Wildman–Crippen MR) is 67.9 cm³/mol. The second-order valence-electron chi connectivity index (χ2n) is 3.98. The highest BCUT2D eigenvalue weighted by molar-refractivity contribution is 7.10. The zero-order valence-corrected chi connectivity index (χ0v) is 11.4. The summed E-state index contributed by atoms with van der Waals surface area (Å²) in [5.74, 6) is 0. The molecule has 1 rings (SSSR count). The Balaban J connectivity index is 2.57. The summed E-state index contributed by atoms with van der Waals surface area (Å²) < 4.78 is 10.5. The summed E-state index contributed by atoms with van der Waals surface area (Å²) in [6.45, 7) is 6.37. The van der Waals surface area contributed by atoms with Crippen molar-refractivity contribution >= 4 is 11.3 Å². The van der Waals surface area contributed by atoms with E-state index in [-0.39, 0.29) is 12.3 Å². The van der Waals surface area contributed by atoms with E-state index in [1.165, 1.54) is 10.4 Å². The highest BCUT2D eigenvalue weighted by Crippen LogP contribution is 2.24. The maximum atomic E-state index is 5.23. The second-order valence-corrected chi connectivity index (χ2v) is 4.93. The molecule has 0 aliphatic rings. The number of nitrogens with one attached hydrogen (secondary N) is 1. The lowest BCUT2D eigenvalue weighted by molar-refractivity contribution is -0.120. The van der Waals surface area contributed by atoms with Gasteiger partial charge in [0.2, 0.25) is 0 Å². The van der Waals surface area contributed by atoms with Gasteiger partial charge in [0, 0.05) is 25.1 Å². The molecule has 0 aromatic carbocycles. The Bertz CT molecular complexity index is 310.